The van der Waals surface area contributed by atoms with Crippen molar-refractivity contribution < 1.29 is 18.9 Å². The molecule has 2 amide bonds. The zero-order valence-corrected chi connectivity index (χ0v) is 13.7. The second kappa shape index (κ2) is 6.94. The molecule has 0 unspecified atom stereocenters. The van der Waals surface area contributed by atoms with Crippen LogP contribution in [0.3, 0.4) is 0 Å². The van der Waals surface area contributed by atoms with Gasteiger partial charge in [0.2, 0.25) is 5.91 Å². The van der Waals surface area contributed by atoms with Crippen LogP contribution in [-0.4, -0.2) is 29.8 Å². The van der Waals surface area contributed by atoms with Gasteiger partial charge >= 0.3 is 5.88 Å². The summed E-state index contributed by atoms with van der Waals surface area (Å²) in [6.07, 6.45) is 0.307. The highest BCUT2D eigenvalue weighted by Gasteiger charge is 2.31. The van der Waals surface area contributed by atoms with Crippen molar-refractivity contribution in [1.29, 1.82) is 0 Å². The van der Waals surface area contributed by atoms with Crippen LogP contribution >= 0.6 is 11.6 Å². The van der Waals surface area contributed by atoms with Gasteiger partial charge < -0.3 is 14.6 Å². The van der Waals surface area contributed by atoms with Crippen LogP contribution in [0.25, 0.3) is 0 Å². The topological polar surface area (TPSA) is 106 Å². The average molecular weight is 364 g/mol. The van der Waals surface area contributed by atoms with Gasteiger partial charge in [-0.2, -0.15) is 0 Å². The van der Waals surface area contributed by atoms with Crippen molar-refractivity contribution in [2.75, 3.05) is 18.0 Å². The summed E-state index contributed by atoms with van der Waals surface area (Å²) < 4.78 is 4.84. The molecule has 0 saturated carbocycles. The Morgan fingerprint density at radius 1 is 1.32 bits per heavy atom. The number of carbonyl (C=O) groups excluding carboxylic acids is 2. The highest BCUT2D eigenvalue weighted by atomic mass is 35.5. The molecule has 8 nitrogen and oxygen atoms in total. The molecular weight excluding hydrogens is 350 g/mol. The first-order valence-electron chi connectivity index (χ1n) is 7.52. The standard InChI is InChI=1S/C16H14ClN3O5/c17-11-1-3-12(4-2-11)19-9-10(7-14(19)21)8-18-16(22)13-5-6-15(25-13)20(23)24/h1-6,10H,7-9H2,(H,18,22)/t10-/m0/s1. The zero-order valence-electron chi connectivity index (χ0n) is 13.0. The van der Waals surface area contributed by atoms with Crippen molar-refractivity contribution in [2.45, 2.75) is 6.42 Å². The molecule has 2 aromatic rings. The smallest absolute Gasteiger partial charge is 0.395 e. The van der Waals surface area contributed by atoms with E-state index in [0.29, 0.717) is 18.0 Å². The van der Waals surface area contributed by atoms with Gasteiger partial charge in [-0.15, -0.1) is 0 Å². The van der Waals surface area contributed by atoms with Crippen LogP contribution in [0.5, 0.6) is 0 Å². The minimum Gasteiger partial charge on any atom is -0.395 e. The molecule has 1 N–H and O–H groups in total. The first-order valence-corrected chi connectivity index (χ1v) is 7.90. The van der Waals surface area contributed by atoms with Crippen molar-refractivity contribution in [3.05, 3.63) is 57.3 Å². The number of amides is 2. The third kappa shape index (κ3) is 3.80. The number of hydrogen-bond donors (Lipinski definition) is 1. The Balaban J connectivity index is 1.57. The lowest BCUT2D eigenvalue weighted by Gasteiger charge is -2.17. The number of nitro groups is 1. The van der Waals surface area contributed by atoms with E-state index in [9.17, 15) is 19.7 Å². The lowest BCUT2D eigenvalue weighted by Crippen LogP contribution is -2.31. The summed E-state index contributed by atoms with van der Waals surface area (Å²) in [5.41, 5.74) is 0.755. The van der Waals surface area contributed by atoms with Gasteiger partial charge in [-0.25, -0.2) is 0 Å². The number of benzene rings is 1. The van der Waals surface area contributed by atoms with E-state index in [2.05, 4.69) is 5.32 Å². The SMILES string of the molecule is O=C(NC[C@@H]1CC(=O)N(c2ccc(Cl)cc2)C1)c1ccc([N+](=O)[O-])o1. The van der Waals surface area contributed by atoms with Gasteiger partial charge in [0.15, 0.2) is 5.76 Å². The minimum atomic E-state index is -0.712. The molecule has 1 saturated heterocycles. The summed E-state index contributed by atoms with van der Waals surface area (Å²) in [6, 6.07) is 9.32. The number of nitrogens with one attached hydrogen (secondary N) is 1. The summed E-state index contributed by atoms with van der Waals surface area (Å²) in [4.78, 5) is 35.6. The van der Waals surface area contributed by atoms with Gasteiger partial charge in [-0.1, -0.05) is 11.6 Å². The molecule has 1 aromatic carbocycles. The van der Waals surface area contributed by atoms with Crippen molar-refractivity contribution >= 4 is 35.0 Å². The highest BCUT2D eigenvalue weighted by molar-refractivity contribution is 6.30. The maximum Gasteiger partial charge on any atom is 0.433 e. The van der Waals surface area contributed by atoms with E-state index < -0.39 is 16.7 Å². The molecule has 1 atom stereocenters. The fraction of sp³-hybridized carbons (Fsp3) is 0.250. The molecule has 1 aliphatic heterocycles. The molecule has 1 aliphatic rings. The Bertz CT molecular complexity index is 817. The third-order valence-corrected chi connectivity index (χ3v) is 4.14. The molecule has 0 spiro atoms. The van der Waals surface area contributed by atoms with Crippen LogP contribution in [-0.2, 0) is 4.79 Å². The predicted molar refractivity (Wildman–Crippen MR) is 89.6 cm³/mol. The molecule has 1 fully saturated rings. The second-order valence-corrected chi connectivity index (χ2v) is 6.09. The molecule has 25 heavy (non-hydrogen) atoms. The van der Waals surface area contributed by atoms with E-state index in [1.54, 1.807) is 29.2 Å². The lowest BCUT2D eigenvalue weighted by molar-refractivity contribution is -0.402. The van der Waals surface area contributed by atoms with Crippen LogP contribution in [0.4, 0.5) is 11.6 Å². The predicted octanol–water partition coefficient (Wildman–Crippen LogP) is 2.62. The number of halogens is 1. The van der Waals surface area contributed by atoms with E-state index in [1.165, 1.54) is 6.07 Å². The maximum absolute atomic E-state index is 12.1. The molecule has 130 valence electrons. The molecule has 2 heterocycles. The van der Waals surface area contributed by atoms with Gasteiger partial charge in [0.1, 0.15) is 4.92 Å². The third-order valence-electron chi connectivity index (χ3n) is 3.89. The molecule has 0 radical (unpaired) electrons. The molecular formula is C16H14ClN3O5. The van der Waals surface area contributed by atoms with Crippen LogP contribution in [0.2, 0.25) is 5.02 Å². The van der Waals surface area contributed by atoms with Gasteiger partial charge in [0.05, 0.1) is 6.07 Å². The van der Waals surface area contributed by atoms with E-state index in [1.807, 2.05) is 0 Å². The number of carbonyl (C=O) groups is 2. The Labute approximate surface area is 147 Å². The van der Waals surface area contributed by atoms with Crippen molar-refractivity contribution in [3.8, 4) is 0 Å². The zero-order chi connectivity index (χ0) is 18.0. The summed E-state index contributed by atoms with van der Waals surface area (Å²) in [5.74, 6) is -1.27. The number of anilines is 1. The van der Waals surface area contributed by atoms with Crippen LogP contribution in [0, 0.1) is 16.0 Å². The van der Waals surface area contributed by atoms with Gasteiger partial charge in [-0.05, 0) is 30.3 Å². The summed E-state index contributed by atoms with van der Waals surface area (Å²) in [5, 5.41) is 13.8. The largest absolute Gasteiger partial charge is 0.433 e. The first-order chi connectivity index (χ1) is 11.9. The number of nitrogens with zero attached hydrogens (tertiary/aromatic N) is 2. The Morgan fingerprint density at radius 2 is 2.04 bits per heavy atom. The van der Waals surface area contributed by atoms with Crippen molar-refractivity contribution in [1.82, 2.24) is 5.32 Å². The summed E-state index contributed by atoms with van der Waals surface area (Å²) in [6.45, 7) is 0.738. The minimum absolute atomic E-state index is 0.0322. The van der Waals surface area contributed by atoms with E-state index in [0.717, 1.165) is 11.8 Å². The Hall–Kier alpha value is -2.87. The van der Waals surface area contributed by atoms with E-state index in [-0.39, 0.29) is 24.1 Å². The monoisotopic (exact) mass is 363 g/mol. The molecule has 9 heteroatoms. The van der Waals surface area contributed by atoms with Crippen LogP contribution in [0.1, 0.15) is 17.0 Å². The van der Waals surface area contributed by atoms with E-state index in [4.69, 9.17) is 16.0 Å². The Kier molecular flexibility index (Phi) is 4.71. The quantitative estimate of drug-likeness (QED) is 0.649. The van der Waals surface area contributed by atoms with Crippen LogP contribution < -0.4 is 10.2 Å². The van der Waals surface area contributed by atoms with Crippen LogP contribution in [0.15, 0.2) is 40.8 Å². The first kappa shape index (κ1) is 17.0. The van der Waals surface area contributed by atoms with Gasteiger partial charge in [-0.3, -0.25) is 19.7 Å². The Morgan fingerprint density at radius 3 is 2.68 bits per heavy atom. The van der Waals surface area contributed by atoms with Crippen molar-refractivity contribution in [2.24, 2.45) is 5.92 Å². The number of furan rings is 1. The van der Waals surface area contributed by atoms with Crippen molar-refractivity contribution in [3.63, 3.8) is 0 Å². The lowest BCUT2D eigenvalue weighted by atomic mass is 10.1. The molecule has 1 aromatic heterocycles. The van der Waals surface area contributed by atoms with E-state index >= 15 is 0 Å². The summed E-state index contributed by atoms with van der Waals surface area (Å²) in [7, 11) is 0. The maximum atomic E-state index is 12.1. The molecule has 0 aliphatic carbocycles. The average Bonchev–Trinajstić information content (AvgIpc) is 3.20. The second-order valence-electron chi connectivity index (χ2n) is 5.66. The fourth-order valence-electron chi connectivity index (χ4n) is 2.66. The molecule has 3 rings (SSSR count). The summed E-state index contributed by atoms with van der Waals surface area (Å²) >= 11 is 5.85. The molecule has 0 bridgehead atoms. The highest BCUT2D eigenvalue weighted by Crippen LogP contribution is 2.26. The fourth-order valence-corrected chi connectivity index (χ4v) is 2.79. The number of rotatable bonds is 5. The van der Waals surface area contributed by atoms with Gasteiger partial charge in [0, 0.05) is 36.1 Å². The van der Waals surface area contributed by atoms with Gasteiger partial charge in [0.25, 0.3) is 5.91 Å². The normalized spacial score (nSPS) is 16.9. The number of hydrogen-bond acceptors (Lipinski definition) is 5.